The van der Waals surface area contributed by atoms with Gasteiger partial charge in [-0.15, -0.1) is 0 Å². The van der Waals surface area contributed by atoms with Crippen LogP contribution in [0.3, 0.4) is 0 Å². The number of rotatable bonds is 3. The maximum Gasteiger partial charge on any atom is 0.248 e. The second kappa shape index (κ2) is 15.2. The molecular formula is C26H36N2OS. The summed E-state index contributed by atoms with van der Waals surface area (Å²) in [5.74, 6) is -0.375. The zero-order chi connectivity index (χ0) is 23.1. The third-order valence-corrected chi connectivity index (χ3v) is 4.76. The number of nitrogens with two attached hydrogens (primary N) is 1. The molecule has 0 saturated heterocycles. The van der Waals surface area contributed by atoms with E-state index in [1.165, 1.54) is 22.3 Å². The SMILES string of the molecule is C/C(=C\c1c(C)ccnc1C)c1ccsc1.CC.CC.Cc1ccc(C(N)=O)cc1. The van der Waals surface area contributed by atoms with Crippen LogP contribution < -0.4 is 5.73 Å². The van der Waals surface area contributed by atoms with Gasteiger partial charge >= 0.3 is 0 Å². The fourth-order valence-corrected chi connectivity index (χ4v) is 3.15. The van der Waals surface area contributed by atoms with Gasteiger partial charge in [0.2, 0.25) is 5.91 Å². The zero-order valence-corrected chi connectivity index (χ0v) is 20.4. The molecule has 0 aliphatic rings. The van der Waals surface area contributed by atoms with Gasteiger partial charge in [-0.05, 0) is 91.1 Å². The van der Waals surface area contributed by atoms with E-state index in [9.17, 15) is 4.79 Å². The highest BCUT2D eigenvalue weighted by molar-refractivity contribution is 7.08. The molecule has 1 aromatic carbocycles. The molecule has 3 rings (SSSR count). The van der Waals surface area contributed by atoms with E-state index < -0.39 is 0 Å². The summed E-state index contributed by atoms with van der Waals surface area (Å²) < 4.78 is 0. The Balaban J connectivity index is 0.000000518. The maximum atomic E-state index is 10.5. The lowest BCUT2D eigenvalue weighted by Crippen LogP contribution is -2.10. The first-order valence-electron chi connectivity index (χ1n) is 10.4. The molecule has 0 atom stereocenters. The molecule has 0 radical (unpaired) electrons. The molecule has 0 aliphatic carbocycles. The van der Waals surface area contributed by atoms with E-state index in [0.717, 1.165) is 11.3 Å². The van der Waals surface area contributed by atoms with Crippen LogP contribution in [-0.4, -0.2) is 10.9 Å². The van der Waals surface area contributed by atoms with Crippen LogP contribution in [-0.2, 0) is 0 Å². The van der Waals surface area contributed by atoms with Gasteiger partial charge in [-0.1, -0.05) is 45.4 Å². The lowest BCUT2D eigenvalue weighted by atomic mass is 10.0. The minimum absolute atomic E-state index is 0.375. The molecule has 2 aromatic heterocycles. The Hall–Kier alpha value is -2.72. The number of carbonyl (C=O) groups is 1. The molecule has 2 N–H and O–H groups in total. The number of aryl methyl sites for hydroxylation is 3. The van der Waals surface area contributed by atoms with Crippen molar-refractivity contribution in [1.82, 2.24) is 4.98 Å². The Morgan fingerprint density at radius 1 is 0.933 bits per heavy atom. The van der Waals surface area contributed by atoms with Gasteiger partial charge in [-0.25, -0.2) is 0 Å². The van der Waals surface area contributed by atoms with Crippen molar-refractivity contribution in [3.63, 3.8) is 0 Å². The number of aromatic nitrogens is 1. The second-order valence-corrected chi connectivity index (χ2v) is 6.98. The third-order valence-electron chi connectivity index (χ3n) is 4.08. The van der Waals surface area contributed by atoms with Gasteiger partial charge in [-0.3, -0.25) is 9.78 Å². The molecule has 0 saturated carbocycles. The summed E-state index contributed by atoms with van der Waals surface area (Å²) in [7, 11) is 0. The van der Waals surface area contributed by atoms with Crippen molar-refractivity contribution in [3.8, 4) is 0 Å². The molecule has 0 aliphatic heterocycles. The Bertz CT molecular complexity index is 875. The van der Waals surface area contributed by atoms with E-state index in [4.69, 9.17) is 5.73 Å². The highest BCUT2D eigenvalue weighted by atomic mass is 32.1. The molecule has 0 spiro atoms. The first kappa shape index (κ1) is 27.3. The number of pyridine rings is 1. The number of nitrogens with zero attached hydrogens (tertiary/aromatic N) is 1. The van der Waals surface area contributed by atoms with Crippen molar-refractivity contribution in [2.45, 2.75) is 55.4 Å². The highest BCUT2D eigenvalue weighted by Gasteiger charge is 2.02. The van der Waals surface area contributed by atoms with Gasteiger partial charge in [-0.2, -0.15) is 11.3 Å². The van der Waals surface area contributed by atoms with Gasteiger partial charge in [0, 0.05) is 17.5 Å². The molecule has 3 aromatic rings. The van der Waals surface area contributed by atoms with Crippen LogP contribution in [0.2, 0.25) is 0 Å². The molecule has 0 fully saturated rings. The van der Waals surface area contributed by atoms with Crippen molar-refractivity contribution >= 4 is 28.9 Å². The molecule has 162 valence electrons. The van der Waals surface area contributed by atoms with Crippen LogP contribution in [0.15, 0.2) is 53.4 Å². The maximum absolute atomic E-state index is 10.5. The Kier molecular flexibility index (Phi) is 13.8. The minimum atomic E-state index is -0.375. The van der Waals surface area contributed by atoms with Crippen LogP contribution in [0.25, 0.3) is 11.6 Å². The normalized spacial score (nSPS) is 9.80. The third kappa shape index (κ3) is 9.19. The first-order chi connectivity index (χ1) is 14.4. The van der Waals surface area contributed by atoms with Gasteiger partial charge < -0.3 is 5.73 Å². The fourth-order valence-electron chi connectivity index (χ4n) is 2.43. The first-order valence-corrected chi connectivity index (χ1v) is 11.3. The van der Waals surface area contributed by atoms with Crippen molar-refractivity contribution in [2.24, 2.45) is 5.73 Å². The highest BCUT2D eigenvalue weighted by Crippen LogP contribution is 2.22. The molecule has 0 unspecified atom stereocenters. The molecule has 4 heteroatoms. The Labute approximate surface area is 186 Å². The van der Waals surface area contributed by atoms with E-state index in [0.29, 0.717) is 5.56 Å². The van der Waals surface area contributed by atoms with Gasteiger partial charge in [0.05, 0.1) is 0 Å². The Morgan fingerprint density at radius 3 is 2.00 bits per heavy atom. The average molecular weight is 425 g/mol. The predicted molar refractivity (Wildman–Crippen MR) is 134 cm³/mol. The molecule has 2 heterocycles. The van der Waals surface area contributed by atoms with E-state index in [2.05, 4.69) is 54.7 Å². The van der Waals surface area contributed by atoms with Gasteiger partial charge in [0.15, 0.2) is 0 Å². The monoisotopic (exact) mass is 424 g/mol. The van der Waals surface area contributed by atoms with E-state index in [1.807, 2.05) is 52.9 Å². The molecule has 1 amide bonds. The average Bonchev–Trinajstić information content (AvgIpc) is 3.30. The molecular weight excluding hydrogens is 388 g/mol. The molecule has 3 nitrogen and oxygen atoms in total. The summed E-state index contributed by atoms with van der Waals surface area (Å²) in [6.45, 7) is 16.3. The number of benzene rings is 1. The number of hydrogen-bond donors (Lipinski definition) is 1. The summed E-state index contributed by atoms with van der Waals surface area (Å²) in [4.78, 5) is 14.9. The van der Waals surface area contributed by atoms with Crippen molar-refractivity contribution in [1.29, 1.82) is 0 Å². The number of hydrogen-bond acceptors (Lipinski definition) is 3. The summed E-state index contributed by atoms with van der Waals surface area (Å²) in [5.41, 5.74) is 12.9. The van der Waals surface area contributed by atoms with Crippen LogP contribution >= 0.6 is 11.3 Å². The van der Waals surface area contributed by atoms with E-state index in [-0.39, 0.29) is 5.91 Å². The number of amides is 1. The van der Waals surface area contributed by atoms with Crippen LogP contribution in [0.1, 0.15) is 72.9 Å². The Morgan fingerprint density at radius 2 is 1.53 bits per heavy atom. The summed E-state index contributed by atoms with van der Waals surface area (Å²) >= 11 is 1.73. The number of carbonyl (C=O) groups excluding carboxylic acids is 1. The quantitative estimate of drug-likeness (QED) is 0.474. The van der Waals surface area contributed by atoms with Crippen molar-refractivity contribution < 1.29 is 4.79 Å². The van der Waals surface area contributed by atoms with Crippen molar-refractivity contribution in [2.75, 3.05) is 0 Å². The smallest absolute Gasteiger partial charge is 0.248 e. The lowest BCUT2D eigenvalue weighted by molar-refractivity contribution is 0.100. The van der Waals surface area contributed by atoms with Gasteiger partial charge in [0.25, 0.3) is 0 Å². The minimum Gasteiger partial charge on any atom is -0.366 e. The molecule has 30 heavy (non-hydrogen) atoms. The molecule has 0 bridgehead atoms. The summed E-state index contributed by atoms with van der Waals surface area (Å²) in [5, 5.41) is 4.28. The van der Waals surface area contributed by atoms with Gasteiger partial charge in [0.1, 0.15) is 0 Å². The van der Waals surface area contributed by atoms with E-state index in [1.54, 1.807) is 23.5 Å². The number of allylic oxidation sites excluding steroid dienone is 1. The topological polar surface area (TPSA) is 56.0 Å². The number of thiophene rings is 1. The number of primary amides is 1. The predicted octanol–water partition coefficient (Wildman–Crippen LogP) is 7.47. The van der Waals surface area contributed by atoms with E-state index >= 15 is 0 Å². The fraction of sp³-hybridized carbons (Fsp3) is 0.308. The standard InChI is InChI=1S/C14H15NS.C8H9NO.2C2H6/c1-10-4-6-15-12(3)14(10)8-11(2)13-5-7-16-9-13;1-6-2-4-7(5-3-6)8(9)10;2*1-2/h4-9H,1-3H3;2-5H,1H3,(H2,9,10);2*1-2H3/b11-8+;;;. The largest absolute Gasteiger partial charge is 0.366 e. The van der Waals surface area contributed by atoms with Crippen LogP contribution in [0, 0.1) is 20.8 Å². The van der Waals surface area contributed by atoms with Crippen LogP contribution in [0.4, 0.5) is 0 Å². The van der Waals surface area contributed by atoms with Crippen molar-refractivity contribution in [3.05, 3.63) is 86.9 Å². The van der Waals surface area contributed by atoms with Crippen LogP contribution in [0.5, 0.6) is 0 Å². The summed E-state index contributed by atoms with van der Waals surface area (Å²) in [6.07, 6.45) is 4.08. The lowest BCUT2D eigenvalue weighted by Gasteiger charge is -2.05. The zero-order valence-electron chi connectivity index (χ0n) is 19.6. The summed E-state index contributed by atoms with van der Waals surface area (Å²) in [6, 6.07) is 11.4. The second-order valence-electron chi connectivity index (χ2n) is 6.20.